The van der Waals surface area contributed by atoms with Gasteiger partial charge in [0.25, 0.3) is 0 Å². The van der Waals surface area contributed by atoms with Crippen molar-refractivity contribution in [2.75, 3.05) is 6.54 Å². The Morgan fingerprint density at radius 1 is 1.40 bits per heavy atom. The summed E-state index contributed by atoms with van der Waals surface area (Å²) in [6.45, 7) is 0.116. The van der Waals surface area contributed by atoms with Gasteiger partial charge in [-0.2, -0.15) is 0 Å². The minimum atomic E-state index is -0.428. The van der Waals surface area contributed by atoms with Gasteiger partial charge in [0.1, 0.15) is 5.82 Å². The topological polar surface area (TPSA) is 26.0 Å². The van der Waals surface area contributed by atoms with Crippen molar-refractivity contribution in [3.8, 4) is 0 Å². The molecule has 84 valence electrons. The van der Waals surface area contributed by atoms with Crippen LogP contribution in [-0.4, -0.2) is 6.54 Å². The molecule has 1 aromatic carbocycles. The van der Waals surface area contributed by atoms with Crippen molar-refractivity contribution in [1.82, 2.24) is 0 Å². The molecule has 0 spiro atoms. The zero-order valence-corrected chi connectivity index (χ0v) is 9.42. The maximum absolute atomic E-state index is 12.9. The highest BCUT2D eigenvalue weighted by molar-refractivity contribution is 6.30. The number of benzene rings is 1. The molecule has 5 heteroatoms. The van der Waals surface area contributed by atoms with Gasteiger partial charge in [0.15, 0.2) is 0 Å². The molecule has 0 heterocycles. The summed E-state index contributed by atoms with van der Waals surface area (Å²) >= 11 is 5.64. The Labute approximate surface area is 98.3 Å². The van der Waals surface area contributed by atoms with E-state index in [2.05, 4.69) is 0 Å². The first-order valence-electron chi connectivity index (χ1n) is 4.09. The SMILES string of the molecule is Cl.NC/C(=C\F)Cc1cc(F)cc(Cl)c1. The summed E-state index contributed by atoms with van der Waals surface area (Å²) in [4.78, 5) is 0. The van der Waals surface area contributed by atoms with Crippen molar-refractivity contribution in [2.24, 2.45) is 5.73 Å². The highest BCUT2D eigenvalue weighted by Gasteiger charge is 2.02. The van der Waals surface area contributed by atoms with Gasteiger partial charge >= 0.3 is 0 Å². The van der Waals surface area contributed by atoms with Crippen molar-refractivity contribution in [3.63, 3.8) is 0 Å². The zero-order chi connectivity index (χ0) is 10.6. The van der Waals surface area contributed by atoms with Crippen molar-refractivity contribution in [1.29, 1.82) is 0 Å². The number of hydrogen-bond acceptors (Lipinski definition) is 1. The molecule has 2 N–H and O–H groups in total. The van der Waals surface area contributed by atoms with Crippen LogP contribution in [0.3, 0.4) is 0 Å². The van der Waals surface area contributed by atoms with Crippen LogP contribution < -0.4 is 5.73 Å². The van der Waals surface area contributed by atoms with Gasteiger partial charge in [0, 0.05) is 11.6 Å². The Balaban J connectivity index is 0.00000196. The second-order valence-corrected chi connectivity index (χ2v) is 3.36. The number of hydrogen-bond donors (Lipinski definition) is 1. The number of nitrogens with two attached hydrogens (primary N) is 1. The van der Waals surface area contributed by atoms with Crippen LogP contribution in [0.5, 0.6) is 0 Å². The summed E-state index contributed by atoms with van der Waals surface area (Å²) < 4.78 is 25.0. The van der Waals surface area contributed by atoms with Crippen LogP contribution in [0.2, 0.25) is 5.02 Å². The lowest BCUT2D eigenvalue weighted by atomic mass is 10.1. The minimum Gasteiger partial charge on any atom is -0.327 e. The van der Waals surface area contributed by atoms with Crippen LogP contribution >= 0.6 is 24.0 Å². The van der Waals surface area contributed by atoms with Gasteiger partial charge in [-0.05, 0) is 35.8 Å². The Hall–Kier alpha value is -0.640. The van der Waals surface area contributed by atoms with Crippen molar-refractivity contribution >= 4 is 24.0 Å². The number of rotatable bonds is 3. The minimum absolute atomic E-state index is 0. The summed E-state index contributed by atoms with van der Waals surface area (Å²) in [6.07, 6.45) is 0.725. The normalized spacial score (nSPS) is 11.1. The molecule has 0 saturated carbocycles. The molecule has 0 aliphatic rings. The van der Waals surface area contributed by atoms with Crippen LogP contribution in [-0.2, 0) is 6.42 Å². The van der Waals surface area contributed by atoms with E-state index in [1.165, 1.54) is 12.1 Å². The van der Waals surface area contributed by atoms with E-state index in [4.69, 9.17) is 17.3 Å². The third-order valence-corrected chi connectivity index (χ3v) is 1.99. The van der Waals surface area contributed by atoms with Gasteiger partial charge in [-0.1, -0.05) is 11.6 Å². The molecular formula is C10H11Cl2F2N. The molecule has 0 bridgehead atoms. The predicted octanol–water partition coefficient (Wildman–Crippen LogP) is 3.26. The maximum atomic E-state index is 12.9. The molecule has 0 aromatic heterocycles. The zero-order valence-electron chi connectivity index (χ0n) is 7.84. The molecule has 0 atom stereocenters. The van der Waals surface area contributed by atoms with Crippen LogP contribution in [0.1, 0.15) is 5.56 Å². The third kappa shape index (κ3) is 4.60. The average molecular weight is 254 g/mol. The first-order chi connectivity index (χ1) is 6.65. The summed E-state index contributed by atoms with van der Waals surface area (Å²) in [5, 5.41) is 0.301. The van der Waals surface area contributed by atoms with Crippen molar-refractivity contribution < 1.29 is 8.78 Å². The van der Waals surface area contributed by atoms with Crippen LogP contribution in [0.25, 0.3) is 0 Å². The predicted molar refractivity (Wildman–Crippen MR) is 60.6 cm³/mol. The Kier molecular flexibility index (Phi) is 6.48. The molecule has 1 nitrogen and oxygen atoms in total. The second-order valence-electron chi connectivity index (χ2n) is 2.93. The van der Waals surface area contributed by atoms with Crippen molar-refractivity contribution in [2.45, 2.75) is 6.42 Å². The quantitative estimate of drug-likeness (QED) is 0.880. The molecule has 0 radical (unpaired) electrons. The van der Waals surface area contributed by atoms with Crippen LogP contribution in [0.4, 0.5) is 8.78 Å². The van der Waals surface area contributed by atoms with E-state index in [-0.39, 0.29) is 25.4 Å². The first-order valence-corrected chi connectivity index (χ1v) is 4.46. The molecule has 0 aliphatic carbocycles. The van der Waals surface area contributed by atoms with Gasteiger partial charge in [-0.15, -0.1) is 12.4 Å². The van der Waals surface area contributed by atoms with E-state index in [0.29, 0.717) is 22.5 Å². The third-order valence-electron chi connectivity index (χ3n) is 1.77. The summed E-state index contributed by atoms with van der Waals surface area (Å²) in [5.74, 6) is -0.428. The lowest BCUT2D eigenvalue weighted by Gasteiger charge is -2.03. The fourth-order valence-corrected chi connectivity index (χ4v) is 1.37. The van der Waals surface area contributed by atoms with Crippen LogP contribution in [0.15, 0.2) is 30.1 Å². The van der Waals surface area contributed by atoms with Gasteiger partial charge in [0.2, 0.25) is 0 Å². The van der Waals surface area contributed by atoms with E-state index in [1.54, 1.807) is 6.07 Å². The lowest BCUT2D eigenvalue weighted by Crippen LogP contribution is -2.05. The fourth-order valence-electron chi connectivity index (χ4n) is 1.13. The summed E-state index contributed by atoms with van der Waals surface area (Å²) in [6, 6.07) is 4.10. The first kappa shape index (κ1) is 14.4. The Morgan fingerprint density at radius 3 is 2.53 bits per heavy atom. The number of halogens is 4. The summed E-state index contributed by atoms with van der Waals surface area (Å²) in [7, 11) is 0. The molecule has 0 saturated heterocycles. The molecule has 1 aromatic rings. The standard InChI is InChI=1S/C10H10ClF2N.ClH/c11-9-2-7(3-10(13)4-9)1-8(5-12)6-14;/h2-5H,1,6,14H2;1H/b8-5-;. The highest BCUT2D eigenvalue weighted by Crippen LogP contribution is 2.16. The Morgan fingerprint density at radius 2 is 2.07 bits per heavy atom. The van der Waals surface area contributed by atoms with Gasteiger partial charge < -0.3 is 5.73 Å². The molecular weight excluding hydrogens is 243 g/mol. The molecule has 0 aliphatic heterocycles. The van der Waals surface area contributed by atoms with E-state index in [9.17, 15) is 8.78 Å². The molecule has 0 unspecified atom stereocenters. The molecule has 0 amide bonds. The Bertz CT molecular complexity index is 333. The van der Waals surface area contributed by atoms with Gasteiger partial charge in [-0.3, -0.25) is 0 Å². The molecule has 0 fully saturated rings. The van der Waals surface area contributed by atoms with Crippen molar-refractivity contribution in [3.05, 3.63) is 46.5 Å². The maximum Gasteiger partial charge on any atom is 0.124 e. The highest BCUT2D eigenvalue weighted by atomic mass is 35.5. The van der Waals surface area contributed by atoms with Crippen LogP contribution in [0, 0.1) is 5.82 Å². The summed E-state index contributed by atoms with van der Waals surface area (Å²) in [5.41, 5.74) is 6.30. The average Bonchev–Trinajstić information content (AvgIpc) is 2.12. The lowest BCUT2D eigenvalue weighted by molar-refractivity contribution is 0.625. The van der Waals surface area contributed by atoms with E-state index in [0.717, 1.165) is 0 Å². The van der Waals surface area contributed by atoms with E-state index in [1.807, 2.05) is 0 Å². The van der Waals surface area contributed by atoms with E-state index < -0.39 is 5.82 Å². The monoisotopic (exact) mass is 253 g/mol. The van der Waals surface area contributed by atoms with E-state index >= 15 is 0 Å². The largest absolute Gasteiger partial charge is 0.327 e. The molecule has 1 rings (SSSR count). The smallest absolute Gasteiger partial charge is 0.124 e. The van der Waals surface area contributed by atoms with Gasteiger partial charge in [0.05, 0.1) is 6.33 Å². The molecule has 15 heavy (non-hydrogen) atoms. The van der Waals surface area contributed by atoms with Gasteiger partial charge in [-0.25, -0.2) is 8.78 Å². The fraction of sp³-hybridized carbons (Fsp3) is 0.200. The second kappa shape index (κ2) is 6.77.